The topological polar surface area (TPSA) is 54.2 Å². The standard InChI is InChI=1S/C15H19ClN4/c1-20-4-2-12(3-5-20)19-14-7-11(16)6-10-9-18-15(17)8-13(10)14/h6-9,12,19H,2-5H2,1H3,(H2,17,18). The molecule has 0 aliphatic carbocycles. The molecule has 1 aliphatic rings. The summed E-state index contributed by atoms with van der Waals surface area (Å²) in [6.07, 6.45) is 4.06. The van der Waals surface area contributed by atoms with E-state index in [1.165, 1.54) is 0 Å². The van der Waals surface area contributed by atoms with Gasteiger partial charge < -0.3 is 16.0 Å². The van der Waals surface area contributed by atoms with Crippen LogP contribution in [0.2, 0.25) is 5.02 Å². The Balaban J connectivity index is 1.92. The first kappa shape index (κ1) is 13.5. The summed E-state index contributed by atoms with van der Waals surface area (Å²) in [5, 5.41) is 6.44. The smallest absolute Gasteiger partial charge is 0.123 e. The number of nitrogens with one attached hydrogen (secondary N) is 1. The van der Waals surface area contributed by atoms with Crippen LogP contribution in [-0.4, -0.2) is 36.1 Å². The summed E-state index contributed by atoms with van der Waals surface area (Å²) in [5.41, 5.74) is 6.86. The molecule has 0 amide bonds. The summed E-state index contributed by atoms with van der Waals surface area (Å²) >= 11 is 6.20. The second kappa shape index (κ2) is 5.46. The molecule has 0 atom stereocenters. The number of fused-ring (bicyclic) bond motifs is 1. The summed E-state index contributed by atoms with van der Waals surface area (Å²) in [7, 11) is 2.16. The van der Waals surface area contributed by atoms with Crippen molar-refractivity contribution in [3.8, 4) is 0 Å². The normalized spacial score (nSPS) is 17.5. The molecule has 0 radical (unpaired) electrons. The summed E-state index contributed by atoms with van der Waals surface area (Å²) in [5.74, 6) is 0.534. The first-order valence-corrected chi connectivity index (χ1v) is 7.29. The van der Waals surface area contributed by atoms with E-state index in [1.54, 1.807) is 6.20 Å². The first-order valence-electron chi connectivity index (χ1n) is 6.92. The SMILES string of the molecule is CN1CCC(Nc2cc(Cl)cc3cnc(N)cc23)CC1. The monoisotopic (exact) mass is 290 g/mol. The van der Waals surface area contributed by atoms with Gasteiger partial charge in [-0.05, 0) is 51.2 Å². The van der Waals surface area contributed by atoms with E-state index in [0.717, 1.165) is 47.4 Å². The van der Waals surface area contributed by atoms with Gasteiger partial charge in [0.15, 0.2) is 0 Å². The molecule has 0 spiro atoms. The van der Waals surface area contributed by atoms with Crippen LogP contribution in [0.3, 0.4) is 0 Å². The zero-order valence-corrected chi connectivity index (χ0v) is 12.3. The summed E-state index contributed by atoms with van der Waals surface area (Å²) in [6, 6.07) is 6.29. The lowest BCUT2D eigenvalue weighted by Crippen LogP contribution is -2.36. The fourth-order valence-corrected chi connectivity index (χ4v) is 2.96. The quantitative estimate of drug-likeness (QED) is 0.893. The zero-order valence-electron chi connectivity index (χ0n) is 11.6. The van der Waals surface area contributed by atoms with Crippen molar-refractivity contribution in [2.75, 3.05) is 31.2 Å². The van der Waals surface area contributed by atoms with Crippen molar-refractivity contribution in [2.24, 2.45) is 0 Å². The molecule has 5 heteroatoms. The highest BCUT2D eigenvalue weighted by Crippen LogP contribution is 2.30. The lowest BCUT2D eigenvalue weighted by atomic mass is 10.0. The van der Waals surface area contributed by atoms with Gasteiger partial charge in [0.2, 0.25) is 0 Å². The number of hydrogen-bond acceptors (Lipinski definition) is 4. The van der Waals surface area contributed by atoms with Gasteiger partial charge in [-0.15, -0.1) is 0 Å². The van der Waals surface area contributed by atoms with Crippen LogP contribution in [0.15, 0.2) is 24.4 Å². The molecule has 1 aliphatic heterocycles. The molecule has 0 bridgehead atoms. The average molecular weight is 291 g/mol. The molecule has 2 aromatic rings. The first-order chi connectivity index (χ1) is 9.61. The second-order valence-corrected chi connectivity index (χ2v) is 5.94. The zero-order chi connectivity index (χ0) is 14.1. The summed E-state index contributed by atoms with van der Waals surface area (Å²) < 4.78 is 0. The van der Waals surface area contributed by atoms with Gasteiger partial charge in [0.1, 0.15) is 5.82 Å². The Hall–Kier alpha value is -1.52. The number of nitrogens with zero attached hydrogens (tertiary/aromatic N) is 2. The molecule has 3 N–H and O–H groups in total. The molecule has 2 heterocycles. The number of aromatic nitrogens is 1. The summed E-state index contributed by atoms with van der Waals surface area (Å²) in [6.45, 7) is 2.25. The fraction of sp³-hybridized carbons (Fsp3) is 0.400. The summed E-state index contributed by atoms with van der Waals surface area (Å²) in [4.78, 5) is 6.49. The highest BCUT2D eigenvalue weighted by molar-refractivity contribution is 6.32. The largest absolute Gasteiger partial charge is 0.384 e. The van der Waals surface area contributed by atoms with E-state index in [1.807, 2.05) is 18.2 Å². The average Bonchev–Trinajstić information content (AvgIpc) is 2.42. The van der Waals surface area contributed by atoms with E-state index in [2.05, 4.69) is 22.2 Å². The van der Waals surface area contributed by atoms with Gasteiger partial charge in [-0.1, -0.05) is 11.6 Å². The molecule has 0 saturated carbocycles. The van der Waals surface area contributed by atoms with Gasteiger partial charge in [-0.25, -0.2) is 4.98 Å². The van der Waals surface area contributed by atoms with Gasteiger partial charge in [0.25, 0.3) is 0 Å². The lowest BCUT2D eigenvalue weighted by Gasteiger charge is -2.30. The van der Waals surface area contributed by atoms with Crippen molar-refractivity contribution in [2.45, 2.75) is 18.9 Å². The number of nitrogen functional groups attached to an aromatic ring is 1. The molecule has 1 aromatic heterocycles. The number of rotatable bonds is 2. The number of anilines is 2. The Morgan fingerprint density at radius 2 is 2.05 bits per heavy atom. The molecule has 1 saturated heterocycles. The number of nitrogens with two attached hydrogens (primary N) is 1. The van der Waals surface area contributed by atoms with E-state index in [0.29, 0.717) is 11.9 Å². The Bertz CT molecular complexity index is 621. The van der Waals surface area contributed by atoms with E-state index < -0.39 is 0 Å². The van der Waals surface area contributed by atoms with Gasteiger partial charge in [-0.3, -0.25) is 0 Å². The van der Waals surface area contributed by atoms with E-state index >= 15 is 0 Å². The minimum absolute atomic E-state index is 0.488. The highest BCUT2D eigenvalue weighted by Gasteiger charge is 2.17. The van der Waals surface area contributed by atoms with Crippen LogP contribution in [-0.2, 0) is 0 Å². The molecule has 3 rings (SSSR count). The molecule has 1 aromatic carbocycles. The molecule has 106 valence electrons. The van der Waals surface area contributed by atoms with E-state index in [4.69, 9.17) is 17.3 Å². The Morgan fingerprint density at radius 3 is 2.80 bits per heavy atom. The van der Waals surface area contributed by atoms with Crippen LogP contribution >= 0.6 is 11.6 Å². The molecule has 1 fully saturated rings. The third-order valence-electron chi connectivity index (χ3n) is 3.90. The number of benzene rings is 1. The molecule has 20 heavy (non-hydrogen) atoms. The van der Waals surface area contributed by atoms with Crippen LogP contribution < -0.4 is 11.1 Å². The highest BCUT2D eigenvalue weighted by atomic mass is 35.5. The Morgan fingerprint density at radius 1 is 1.30 bits per heavy atom. The number of piperidine rings is 1. The van der Waals surface area contributed by atoms with Crippen molar-refractivity contribution >= 4 is 33.9 Å². The fourth-order valence-electron chi connectivity index (χ4n) is 2.73. The van der Waals surface area contributed by atoms with Crippen LogP contribution in [0.1, 0.15) is 12.8 Å². The maximum atomic E-state index is 6.20. The molecule has 4 nitrogen and oxygen atoms in total. The maximum Gasteiger partial charge on any atom is 0.123 e. The van der Waals surface area contributed by atoms with Crippen molar-refractivity contribution in [1.29, 1.82) is 0 Å². The van der Waals surface area contributed by atoms with Gasteiger partial charge >= 0.3 is 0 Å². The van der Waals surface area contributed by atoms with Crippen LogP contribution in [0.4, 0.5) is 11.5 Å². The van der Waals surface area contributed by atoms with E-state index in [9.17, 15) is 0 Å². The molecular weight excluding hydrogens is 272 g/mol. The predicted octanol–water partition coefficient (Wildman–Crippen LogP) is 2.98. The van der Waals surface area contributed by atoms with Crippen LogP contribution in [0.25, 0.3) is 10.8 Å². The predicted molar refractivity (Wildman–Crippen MR) is 85.3 cm³/mol. The van der Waals surface area contributed by atoms with Gasteiger partial charge in [0.05, 0.1) is 0 Å². The van der Waals surface area contributed by atoms with Crippen molar-refractivity contribution in [3.05, 3.63) is 29.4 Å². The number of hydrogen-bond donors (Lipinski definition) is 2. The minimum Gasteiger partial charge on any atom is -0.384 e. The van der Waals surface area contributed by atoms with Crippen LogP contribution in [0, 0.1) is 0 Å². The van der Waals surface area contributed by atoms with Crippen LogP contribution in [0.5, 0.6) is 0 Å². The van der Waals surface area contributed by atoms with Crippen molar-refractivity contribution in [1.82, 2.24) is 9.88 Å². The minimum atomic E-state index is 0.488. The number of pyridine rings is 1. The van der Waals surface area contributed by atoms with Gasteiger partial charge in [-0.2, -0.15) is 0 Å². The van der Waals surface area contributed by atoms with Crippen molar-refractivity contribution in [3.63, 3.8) is 0 Å². The molecular formula is C15H19ClN4. The van der Waals surface area contributed by atoms with Crippen molar-refractivity contribution < 1.29 is 0 Å². The molecule has 0 unspecified atom stereocenters. The third-order valence-corrected chi connectivity index (χ3v) is 4.12. The van der Waals surface area contributed by atoms with Gasteiger partial charge in [0, 0.05) is 33.7 Å². The Kier molecular flexibility index (Phi) is 3.68. The second-order valence-electron chi connectivity index (χ2n) is 5.51. The lowest BCUT2D eigenvalue weighted by molar-refractivity contribution is 0.264. The maximum absolute atomic E-state index is 6.20. The number of halogens is 1. The van der Waals surface area contributed by atoms with E-state index in [-0.39, 0.29) is 0 Å². The number of likely N-dealkylation sites (tertiary alicyclic amines) is 1. The third kappa shape index (κ3) is 2.81. The Labute approximate surface area is 123 Å².